The summed E-state index contributed by atoms with van der Waals surface area (Å²) in [4.78, 5) is 23.4. The molecule has 1 aromatic carbocycles. The number of amides is 1. The highest BCUT2D eigenvalue weighted by Crippen LogP contribution is 2.40. The van der Waals surface area contributed by atoms with Crippen LogP contribution in [0, 0.1) is 0 Å². The Balaban J connectivity index is 1.42. The zero-order valence-electron chi connectivity index (χ0n) is 19.4. The Labute approximate surface area is 194 Å². The number of para-hydroxylation sites is 1. The molecule has 3 heterocycles. The van der Waals surface area contributed by atoms with E-state index in [-0.39, 0.29) is 6.09 Å². The van der Waals surface area contributed by atoms with E-state index in [0.29, 0.717) is 24.9 Å². The van der Waals surface area contributed by atoms with Gasteiger partial charge in [-0.25, -0.2) is 4.79 Å². The third-order valence-electron chi connectivity index (χ3n) is 6.43. The number of nitrogens with zero attached hydrogens (tertiary/aromatic N) is 6. The summed E-state index contributed by atoms with van der Waals surface area (Å²) in [6, 6.07) is 8.19. The van der Waals surface area contributed by atoms with Gasteiger partial charge in [-0.2, -0.15) is 0 Å². The van der Waals surface area contributed by atoms with Crippen molar-refractivity contribution in [3.8, 4) is 5.69 Å². The van der Waals surface area contributed by atoms with Gasteiger partial charge < -0.3 is 4.74 Å². The van der Waals surface area contributed by atoms with Crippen LogP contribution >= 0.6 is 0 Å². The van der Waals surface area contributed by atoms with Crippen LogP contribution in [0.1, 0.15) is 81.2 Å². The van der Waals surface area contributed by atoms with Crippen molar-refractivity contribution in [2.24, 2.45) is 0 Å². The summed E-state index contributed by atoms with van der Waals surface area (Å²) in [6.07, 6.45) is 9.20. The summed E-state index contributed by atoms with van der Waals surface area (Å²) < 4.78 is 7.83. The highest BCUT2D eigenvalue weighted by molar-refractivity contribution is 5.68. The predicted octanol–water partition coefficient (Wildman–Crippen LogP) is 4.75. The molecule has 172 valence electrons. The Bertz CT molecular complexity index is 1130. The van der Waals surface area contributed by atoms with Crippen molar-refractivity contribution in [3.05, 3.63) is 65.8 Å². The van der Waals surface area contributed by atoms with E-state index in [4.69, 9.17) is 4.74 Å². The number of ether oxygens (including phenoxy) is 1. The summed E-state index contributed by atoms with van der Waals surface area (Å²) in [6.45, 7) is 6.50. The zero-order chi connectivity index (χ0) is 23.0. The van der Waals surface area contributed by atoms with Crippen LogP contribution in [0.4, 0.5) is 4.79 Å². The fourth-order valence-corrected chi connectivity index (χ4v) is 4.88. The number of rotatable bonds is 2. The number of hydrogen-bond acceptors (Lipinski definition) is 6. The molecule has 8 heteroatoms. The highest BCUT2D eigenvalue weighted by atomic mass is 16.6. The molecule has 0 unspecified atom stereocenters. The molecule has 8 nitrogen and oxygen atoms in total. The molecule has 1 amide bonds. The topological polar surface area (TPSA) is 86.0 Å². The normalized spacial score (nSPS) is 20.5. The van der Waals surface area contributed by atoms with Crippen LogP contribution in [0.15, 0.2) is 42.9 Å². The van der Waals surface area contributed by atoms with Crippen molar-refractivity contribution in [2.45, 2.75) is 77.0 Å². The van der Waals surface area contributed by atoms with Gasteiger partial charge >= 0.3 is 6.09 Å². The number of carbonyl (C=O) groups excluding carboxylic acids is 1. The maximum atomic E-state index is 12.9. The van der Waals surface area contributed by atoms with E-state index in [1.54, 1.807) is 17.3 Å². The van der Waals surface area contributed by atoms with Crippen LogP contribution in [-0.2, 0) is 17.8 Å². The summed E-state index contributed by atoms with van der Waals surface area (Å²) >= 11 is 0. The molecule has 0 atom stereocenters. The van der Waals surface area contributed by atoms with Gasteiger partial charge in [-0.3, -0.25) is 19.4 Å². The average Bonchev–Trinajstić information content (AvgIpc) is 3.14. The van der Waals surface area contributed by atoms with Crippen LogP contribution in [-0.4, -0.2) is 41.3 Å². The lowest BCUT2D eigenvalue weighted by Crippen LogP contribution is -2.35. The molecule has 1 aliphatic carbocycles. The molecule has 1 fully saturated rings. The van der Waals surface area contributed by atoms with Gasteiger partial charge in [-0.15, -0.1) is 10.2 Å². The molecular weight excluding hydrogens is 416 g/mol. The molecule has 3 aromatic rings. The molecule has 0 saturated heterocycles. The molecule has 0 N–H and O–H groups in total. The van der Waals surface area contributed by atoms with Gasteiger partial charge in [0.1, 0.15) is 11.4 Å². The second-order valence-electron chi connectivity index (χ2n) is 9.95. The number of fused-ring (bicyclic) bond motifs is 3. The molecular formula is C25H30N6O2. The van der Waals surface area contributed by atoms with E-state index < -0.39 is 5.60 Å². The van der Waals surface area contributed by atoms with Crippen LogP contribution in [0.2, 0.25) is 0 Å². The molecule has 5 rings (SSSR count). The number of aromatic nitrogens is 5. The second kappa shape index (κ2) is 8.57. The lowest BCUT2D eigenvalue weighted by Gasteiger charge is -2.28. The molecule has 2 aromatic heterocycles. The van der Waals surface area contributed by atoms with Gasteiger partial charge in [0.05, 0.1) is 24.5 Å². The SMILES string of the molecule is CC(C)(C)OC(=O)N1Cc2ccccc2-n2c(nnc2C2CCC(c3cnccn3)CC2)C1. The van der Waals surface area contributed by atoms with Gasteiger partial charge in [-0.05, 0) is 58.1 Å². The lowest BCUT2D eigenvalue weighted by atomic mass is 9.80. The highest BCUT2D eigenvalue weighted by Gasteiger charge is 2.33. The van der Waals surface area contributed by atoms with Crippen molar-refractivity contribution >= 4 is 6.09 Å². The molecule has 33 heavy (non-hydrogen) atoms. The van der Waals surface area contributed by atoms with E-state index in [0.717, 1.165) is 54.3 Å². The Hall–Kier alpha value is -3.29. The van der Waals surface area contributed by atoms with Crippen molar-refractivity contribution < 1.29 is 9.53 Å². The summed E-state index contributed by atoms with van der Waals surface area (Å²) in [5.74, 6) is 2.52. The molecule has 0 spiro atoms. The molecule has 0 bridgehead atoms. The smallest absolute Gasteiger partial charge is 0.411 e. The van der Waals surface area contributed by atoms with E-state index in [1.807, 2.05) is 39.1 Å². The minimum absolute atomic E-state index is 0.320. The quantitative estimate of drug-likeness (QED) is 0.565. The van der Waals surface area contributed by atoms with Gasteiger partial charge in [0.2, 0.25) is 0 Å². The van der Waals surface area contributed by atoms with Crippen LogP contribution in [0.3, 0.4) is 0 Å². The fourth-order valence-electron chi connectivity index (χ4n) is 4.88. The van der Waals surface area contributed by atoms with E-state index in [2.05, 4.69) is 36.9 Å². The van der Waals surface area contributed by atoms with Crippen molar-refractivity contribution in [2.75, 3.05) is 0 Å². The summed E-state index contributed by atoms with van der Waals surface area (Å²) in [7, 11) is 0. The van der Waals surface area contributed by atoms with Crippen molar-refractivity contribution in [3.63, 3.8) is 0 Å². The van der Waals surface area contributed by atoms with Crippen molar-refractivity contribution in [1.82, 2.24) is 29.6 Å². The Kier molecular flexibility index (Phi) is 5.60. The van der Waals surface area contributed by atoms with Crippen LogP contribution in [0.5, 0.6) is 0 Å². The molecule has 0 radical (unpaired) electrons. The standard InChI is InChI=1S/C25H30N6O2/c1-25(2,3)33-24(32)30-15-19-6-4-5-7-21(19)31-22(16-30)28-29-23(31)18-10-8-17(9-11-18)20-14-26-12-13-27-20/h4-7,12-14,17-18H,8-11,15-16H2,1-3H3. The fraction of sp³-hybridized carbons (Fsp3) is 0.480. The van der Waals surface area contributed by atoms with Gasteiger partial charge in [0.15, 0.2) is 5.82 Å². The Morgan fingerprint density at radius 2 is 1.76 bits per heavy atom. The minimum atomic E-state index is -0.552. The minimum Gasteiger partial charge on any atom is -0.444 e. The van der Waals surface area contributed by atoms with Crippen molar-refractivity contribution in [1.29, 1.82) is 0 Å². The third-order valence-corrected chi connectivity index (χ3v) is 6.43. The van der Waals surface area contributed by atoms with Gasteiger partial charge in [-0.1, -0.05) is 18.2 Å². The first kappa shape index (κ1) is 21.6. The first-order valence-electron chi connectivity index (χ1n) is 11.7. The first-order chi connectivity index (χ1) is 15.9. The van der Waals surface area contributed by atoms with Gasteiger partial charge in [0, 0.05) is 30.4 Å². The van der Waals surface area contributed by atoms with E-state index in [9.17, 15) is 4.79 Å². The van der Waals surface area contributed by atoms with Gasteiger partial charge in [0.25, 0.3) is 0 Å². The molecule has 1 aliphatic heterocycles. The Morgan fingerprint density at radius 1 is 1.00 bits per heavy atom. The number of carbonyl (C=O) groups is 1. The summed E-state index contributed by atoms with van der Waals surface area (Å²) in [5.41, 5.74) is 2.64. The monoisotopic (exact) mass is 446 g/mol. The van der Waals surface area contributed by atoms with Crippen LogP contribution < -0.4 is 0 Å². The predicted molar refractivity (Wildman–Crippen MR) is 123 cm³/mol. The first-order valence-corrected chi connectivity index (χ1v) is 11.7. The zero-order valence-corrected chi connectivity index (χ0v) is 19.4. The largest absolute Gasteiger partial charge is 0.444 e. The molecule has 1 saturated carbocycles. The number of benzene rings is 1. The summed E-state index contributed by atoms with van der Waals surface area (Å²) in [5, 5.41) is 9.17. The maximum absolute atomic E-state index is 12.9. The molecule has 2 aliphatic rings. The average molecular weight is 447 g/mol. The maximum Gasteiger partial charge on any atom is 0.411 e. The van der Waals surface area contributed by atoms with Crippen LogP contribution in [0.25, 0.3) is 5.69 Å². The Morgan fingerprint density at radius 3 is 2.48 bits per heavy atom. The van der Waals surface area contributed by atoms with E-state index in [1.165, 1.54) is 0 Å². The lowest BCUT2D eigenvalue weighted by molar-refractivity contribution is 0.0214. The third kappa shape index (κ3) is 4.47. The second-order valence-corrected chi connectivity index (χ2v) is 9.95. The van der Waals surface area contributed by atoms with E-state index >= 15 is 0 Å². The number of hydrogen-bond donors (Lipinski definition) is 0.